The molecule has 0 amide bonds. The van der Waals surface area contributed by atoms with E-state index < -0.39 is 0 Å². The van der Waals surface area contributed by atoms with Crippen LogP contribution in [0.25, 0.3) is 0 Å². The second kappa shape index (κ2) is 16.5. The molecular weight excluding hydrogens is 369 g/mol. The minimum absolute atomic E-state index is 0. The maximum atomic E-state index is 10.9. The largest absolute Gasteiger partial charge is 0.469 e. The lowest BCUT2D eigenvalue weighted by atomic mass is 10.2. The first-order chi connectivity index (χ1) is 9.20. The van der Waals surface area contributed by atoms with Crippen LogP contribution >= 0.6 is 24.0 Å². The first-order valence-corrected chi connectivity index (χ1v) is 7.31. The van der Waals surface area contributed by atoms with Crippen molar-refractivity contribution in [1.82, 2.24) is 5.32 Å². The molecule has 0 atom stereocenters. The maximum absolute atomic E-state index is 10.9. The van der Waals surface area contributed by atoms with Crippen molar-refractivity contribution in [2.24, 2.45) is 10.7 Å². The highest BCUT2D eigenvalue weighted by Crippen LogP contribution is 2.01. The number of nitrogens with two attached hydrogens (primary N) is 1. The van der Waals surface area contributed by atoms with Gasteiger partial charge in [0.2, 0.25) is 0 Å². The predicted molar refractivity (Wildman–Crippen MR) is 94.5 cm³/mol. The van der Waals surface area contributed by atoms with E-state index in [2.05, 4.69) is 22.0 Å². The van der Waals surface area contributed by atoms with E-state index in [4.69, 9.17) is 5.73 Å². The van der Waals surface area contributed by atoms with Gasteiger partial charge in [-0.1, -0.05) is 32.6 Å². The van der Waals surface area contributed by atoms with Crippen molar-refractivity contribution in [2.75, 3.05) is 20.2 Å². The van der Waals surface area contributed by atoms with Crippen molar-refractivity contribution in [3.05, 3.63) is 0 Å². The van der Waals surface area contributed by atoms with Gasteiger partial charge in [-0.3, -0.25) is 9.79 Å². The van der Waals surface area contributed by atoms with Crippen LogP contribution in [0.5, 0.6) is 0 Å². The molecule has 0 bridgehead atoms. The first-order valence-electron chi connectivity index (χ1n) is 7.31. The number of ether oxygens (including phenoxy) is 1. The van der Waals surface area contributed by atoms with E-state index in [0.29, 0.717) is 12.4 Å². The summed E-state index contributed by atoms with van der Waals surface area (Å²) in [5.74, 6) is 0.390. The fourth-order valence-electron chi connectivity index (χ4n) is 1.68. The monoisotopic (exact) mass is 399 g/mol. The number of esters is 1. The number of methoxy groups -OCH3 is 1. The van der Waals surface area contributed by atoms with Gasteiger partial charge < -0.3 is 15.8 Å². The van der Waals surface area contributed by atoms with Gasteiger partial charge in [0.1, 0.15) is 0 Å². The molecule has 0 saturated carbocycles. The third kappa shape index (κ3) is 15.5. The number of halogens is 1. The molecule has 0 unspecified atom stereocenters. The second-order valence-corrected chi connectivity index (χ2v) is 4.64. The molecule has 0 radical (unpaired) electrons. The smallest absolute Gasteiger partial charge is 0.305 e. The van der Waals surface area contributed by atoms with E-state index >= 15 is 0 Å². The van der Waals surface area contributed by atoms with E-state index in [-0.39, 0.29) is 29.9 Å². The van der Waals surface area contributed by atoms with Gasteiger partial charge in [-0.25, -0.2) is 0 Å². The fourth-order valence-corrected chi connectivity index (χ4v) is 1.68. The highest BCUT2D eigenvalue weighted by Gasteiger charge is 1.98. The quantitative estimate of drug-likeness (QED) is 0.184. The van der Waals surface area contributed by atoms with E-state index in [9.17, 15) is 4.79 Å². The molecule has 0 aliphatic heterocycles. The summed E-state index contributed by atoms with van der Waals surface area (Å²) in [6.45, 7) is 3.82. The van der Waals surface area contributed by atoms with Crippen LogP contribution in [0.1, 0.15) is 58.3 Å². The second-order valence-electron chi connectivity index (χ2n) is 4.64. The molecule has 20 heavy (non-hydrogen) atoms. The normalized spacial score (nSPS) is 10.8. The molecule has 0 aliphatic carbocycles. The Morgan fingerprint density at radius 2 is 1.85 bits per heavy atom. The Kier molecular flexibility index (Phi) is 18.0. The zero-order valence-electron chi connectivity index (χ0n) is 12.8. The van der Waals surface area contributed by atoms with Crippen LogP contribution in [0.3, 0.4) is 0 Å². The van der Waals surface area contributed by atoms with Crippen LogP contribution in [0.2, 0.25) is 0 Å². The van der Waals surface area contributed by atoms with Crippen molar-refractivity contribution >= 4 is 35.9 Å². The van der Waals surface area contributed by atoms with E-state index in [1.807, 2.05) is 0 Å². The van der Waals surface area contributed by atoms with Crippen LogP contribution in [-0.4, -0.2) is 32.1 Å². The molecule has 0 spiro atoms. The summed E-state index contributed by atoms with van der Waals surface area (Å²) in [5, 5.41) is 3.11. The highest BCUT2D eigenvalue weighted by molar-refractivity contribution is 14.0. The molecule has 120 valence electrons. The van der Waals surface area contributed by atoms with Gasteiger partial charge in [-0.05, 0) is 19.3 Å². The van der Waals surface area contributed by atoms with Crippen LogP contribution in [0.15, 0.2) is 4.99 Å². The Morgan fingerprint density at radius 1 is 1.15 bits per heavy atom. The lowest BCUT2D eigenvalue weighted by molar-refractivity contribution is -0.140. The third-order valence-corrected chi connectivity index (χ3v) is 2.89. The number of nitrogens with zero attached hydrogens (tertiary/aromatic N) is 1. The molecule has 0 aromatic rings. The van der Waals surface area contributed by atoms with Gasteiger partial charge in [0.25, 0.3) is 0 Å². The number of rotatable bonds is 11. The topological polar surface area (TPSA) is 76.7 Å². The summed E-state index contributed by atoms with van der Waals surface area (Å²) < 4.78 is 4.57. The Morgan fingerprint density at radius 3 is 2.50 bits per heavy atom. The highest BCUT2D eigenvalue weighted by atomic mass is 127. The predicted octanol–water partition coefficient (Wildman–Crippen LogP) is 2.82. The lowest BCUT2D eigenvalue weighted by Gasteiger charge is -2.05. The molecule has 0 aliphatic rings. The number of carbonyl (C=O) groups excluding carboxylic acids is 1. The van der Waals surface area contributed by atoms with E-state index in [0.717, 1.165) is 38.8 Å². The minimum atomic E-state index is -0.142. The maximum Gasteiger partial charge on any atom is 0.305 e. The van der Waals surface area contributed by atoms with Gasteiger partial charge in [0, 0.05) is 19.5 Å². The molecule has 5 nitrogen and oxygen atoms in total. The average Bonchev–Trinajstić information content (AvgIpc) is 2.42. The van der Waals surface area contributed by atoms with Crippen molar-refractivity contribution in [2.45, 2.75) is 58.3 Å². The Labute approximate surface area is 140 Å². The van der Waals surface area contributed by atoms with Gasteiger partial charge in [-0.2, -0.15) is 0 Å². The van der Waals surface area contributed by atoms with Crippen molar-refractivity contribution in [3.8, 4) is 0 Å². The van der Waals surface area contributed by atoms with Crippen LogP contribution in [-0.2, 0) is 9.53 Å². The Hall–Kier alpha value is -0.530. The van der Waals surface area contributed by atoms with E-state index in [1.54, 1.807) is 0 Å². The number of hydrogen-bond acceptors (Lipinski definition) is 3. The van der Waals surface area contributed by atoms with Crippen molar-refractivity contribution in [3.63, 3.8) is 0 Å². The Bertz CT molecular complexity index is 261. The molecule has 6 heteroatoms. The molecule has 0 saturated heterocycles. The van der Waals surface area contributed by atoms with Crippen LogP contribution in [0.4, 0.5) is 0 Å². The van der Waals surface area contributed by atoms with Crippen molar-refractivity contribution in [1.29, 1.82) is 0 Å². The number of guanidine groups is 1. The molecule has 0 fully saturated rings. The fraction of sp³-hybridized carbons (Fsp3) is 0.857. The molecule has 0 aromatic carbocycles. The Balaban J connectivity index is 0. The molecule has 0 rings (SSSR count). The SMILES string of the molecule is CCCCCCNC(N)=NCCCCCC(=O)OC.I. The standard InChI is InChI=1S/C14H29N3O2.HI/c1-3-4-5-8-11-16-14(15)17-12-9-6-7-10-13(18)19-2;/h3-12H2,1-2H3,(H3,15,16,17);1H. The zero-order valence-corrected chi connectivity index (χ0v) is 15.2. The average molecular weight is 399 g/mol. The van der Waals surface area contributed by atoms with E-state index in [1.165, 1.54) is 26.4 Å². The summed E-state index contributed by atoms with van der Waals surface area (Å²) in [6.07, 6.45) is 8.18. The summed E-state index contributed by atoms with van der Waals surface area (Å²) in [4.78, 5) is 15.1. The lowest BCUT2D eigenvalue weighted by Crippen LogP contribution is -2.32. The van der Waals surface area contributed by atoms with Gasteiger partial charge in [0.15, 0.2) is 5.96 Å². The number of hydrogen-bond donors (Lipinski definition) is 2. The molecule has 0 heterocycles. The third-order valence-electron chi connectivity index (χ3n) is 2.89. The number of carbonyl (C=O) groups is 1. The first kappa shape index (κ1) is 21.8. The summed E-state index contributed by atoms with van der Waals surface area (Å²) in [7, 11) is 1.42. The zero-order chi connectivity index (χ0) is 14.3. The summed E-state index contributed by atoms with van der Waals surface area (Å²) in [6, 6.07) is 0. The van der Waals surface area contributed by atoms with Gasteiger partial charge in [-0.15, -0.1) is 24.0 Å². The van der Waals surface area contributed by atoms with Crippen molar-refractivity contribution < 1.29 is 9.53 Å². The number of aliphatic imine (C=N–C) groups is 1. The summed E-state index contributed by atoms with van der Waals surface area (Å²) >= 11 is 0. The molecule has 3 N–H and O–H groups in total. The number of nitrogens with one attached hydrogen (secondary N) is 1. The van der Waals surface area contributed by atoms with Gasteiger partial charge >= 0.3 is 5.97 Å². The van der Waals surface area contributed by atoms with Crippen LogP contribution in [0, 0.1) is 0 Å². The molecule has 0 aromatic heterocycles. The molecular formula is C14H30IN3O2. The van der Waals surface area contributed by atoms with Gasteiger partial charge in [0.05, 0.1) is 7.11 Å². The van der Waals surface area contributed by atoms with Crippen LogP contribution < -0.4 is 11.1 Å². The summed E-state index contributed by atoms with van der Waals surface area (Å²) in [5.41, 5.74) is 5.74. The number of unbranched alkanes of at least 4 members (excludes halogenated alkanes) is 5. The minimum Gasteiger partial charge on any atom is -0.469 e.